The van der Waals surface area contributed by atoms with E-state index >= 15 is 0 Å². The van der Waals surface area contributed by atoms with Crippen molar-refractivity contribution in [1.29, 1.82) is 0 Å². The Morgan fingerprint density at radius 1 is 1.18 bits per heavy atom. The van der Waals surface area contributed by atoms with Crippen LogP contribution in [0.1, 0.15) is 57.3 Å². The van der Waals surface area contributed by atoms with Gasteiger partial charge in [0.25, 0.3) is 17.4 Å². The summed E-state index contributed by atoms with van der Waals surface area (Å²) in [6.07, 6.45) is 6.34. The summed E-state index contributed by atoms with van der Waals surface area (Å²) in [4.78, 5) is 46.8. The third kappa shape index (κ3) is 4.03. The summed E-state index contributed by atoms with van der Waals surface area (Å²) in [5, 5.41) is 1.51. The Morgan fingerprint density at radius 2 is 1.91 bits per heavy atom. The molecular weight excluding hydrogens is 466 g/mol. The highest BCUT2D eigenvalue weighted by atomic mass is 32.2. The number of imide groups is 1. The minimum absolute atomic E-state index is 0.0328. The van der Waals surface area contributed by atoms with Crippen molar-refractivity contribution in [3.8, 4) is 0 Å². The number of hydrogen-bond donors (Lipinski definition) is 0. The lowest BCUT2D eigenvalue weighted by Gasteiger charge is -2.17. The number of hydrogen-bond acceptors (Lipinski definition) is 6. The van der Waals surface area contributed by atoms with Crippen LogP contribution >= 0.6 is 23.1 Å². The lowest BCUT2D eigenvalue weighted by atomic mass is 9.89. The van der Waals surface area contributed by atoms with Gasteiger partial charge in [0, 0.05) is 23.7 Å². The van der Waals surface area contributed by atoms with E-state index in [1.54, 1.807) is 58.0 Å². The van der Waals surface area contributed by atoms with Gasteiger partial charge in [0.05, 0.1) is 16.5 Å². The molecule has 6 nitrogen and oxygen atoms in total. The maximum Gasteiger partial charge on any atom is 0.263 e. The molecule has 176 valence electrons. The fraction of sp³-hybridized carbons (Fsp3) is 0.385. The van der Waals surface area contributed by atoms with Gasteiger partial charge >= 0.3 is 0 Å². The van der Waals surface area contributed by atoms with Gasteiger partial charge in [0.1, 0.15) is 4.83 Å². The lowest BCUT2D eigenvalue weighted by Crippen LogP contribution is -2.30. The van der Waals surface area contributed by atoms with E-state index in [1.807, 2.05) is 0 Å². The lowest BCUT2D eigenvalue weighted by molar-refractivity contribution is 0.0652. The minimum Gasteiger partial charge on any atom is -0.283 e. The van der Waals surface area contributed by atoms with Crippen LogP contribution in [0.4, 0.5) is 0 Å². The summed E-state index contributed by atoms with van der Waals surface area (Å²) < 4.78 is 1.73. The number of benzene rings is 1. The number of allylic oxidation sites excluding steroid dienone is 1. The molecule has 1 aliphatic heterocycles. The molecule has 0 fully saturated rings. The van der Waals surface area contributed by atoms with Crippen molar-refractivity contribution < 1.29 is 9.59 Å². The van der Waals surface area contributed by atoms with Gasteiger partial charge in [-0.25, -0.2) is 4.98 Å². The highest BCUT2D eigenvalue weighted by molar-refractivity contribution is 7.99. The number of fused-ring (bicyclic) bond motifs is 4. The smallest absolute Gasteiger partial charge is 0.263 e. The fourth-order valence-electron chi connectivity index (χ4n) is 4.78. The fourth-order valence-corrected chi connectivity index (χ4v) is 7.21. The first-order valence-corrected chi connectivity index (χ1v) is 13.5. The van der Waals surface area contributed by atoms with Crippen LogP contribution in [0.25, 0.3) is 10.2 Å². The van der Waals surface area contributed by atoms with Gasteiger partial charge < -0.3 is 0 Å². The Bertz CT molecular complexity index is 1320. The molecule has 8 heteroatoms. The number of aromatic nitrogens is 2. The predicted octanol–water partition coefficient (Wildman–Crippen LogP) is 4.94. The van der Waals surface area contributed by atoms with E-state index in [4.69, 9.17) is 4.98 Å². The normalized spacial score (nSPS) is 17.3. The number of carbonyl (C=O) groups excluding carboxylic acids is 2. The van der Waals surface area contributed by atoms with Gasteiger partial charge in [-0.3, -0.25) is 23.9 Å². The second kappa shape index (κ2) is 9.50. The van der Waals surface area contributed by atoms with E-state index in [1.165, 1.54) is 15.3 Å². The van der Waals surface area contributed by atoms with Crippen molar-refractivity contribution >= 4 is 45.1 Å². The number of amides is 2. The zero-order valence-corrected chi connectivity index (χ0v) is 20.8. The van der Waals surface area contributed by atoms with E-state index in [0.29, 0.717) is 41.7 Å². The zero-order valence-electron chi connectivity index (χ0n) is 19.2. The summed E-state index contributed by atoms with van der Waals surface area (Å²) in [5.41, 5.74) is 2.21. The first-order valence-electron chi connectivity index (χ1n) is 11.7. The minimum atomic E-state index is -0.212. The molecule has 5 rings (SSSR count). The molecule has 0 saturated carbocycles. The van der Waals surface area contributed by atoms with Gasteiger partial charge in [0.15, 0.2) is 5.16 Å². The maximum absolute atomic E-state index is 13.4. The van der Waals surface area contributed by atoms with E-state index in [0.717, 1.165) is 41.7 Å². The van der Waals surface area contributed by atoms with E-state index in [-0.39, 0.29) is 17.4 Å². The summed E-state index contributed by atoms with van der Waals surface area (Å²) in [7, 11) is 0. The molecule has 2 amide bonds. The van der Waals surface area contributed by atoms with Gasteiger partial charge in [-0.05, 0) is 55.7 Å². The van der Waals surface area contributed by atoms with Crippen LogP contribution in [0.3, 0.4) is 0 Å². The quantitative estimate of drug-likeness (QED) is 0.146. The number of carbonyl (C=O) groups is 2. The molecule has 0 bridgehead atoms. The number of nitrogens with zero attached hydrogens (tertiary/aromatic N) is 3. The van der Waals surface area contributed by atoms with Crippen LogP contribution in [-0.4, -0.2) is 38.6 Å². The van der Waals surface area contributed by atoms with Crippen LogP contribution in [0.5, 0.6) is 0 Å². The van der Waals surface area contributed by atoms with Crippen molar-refractivity contribution in [2.24, 2.45) is 5.92 Å². The third-order valence-electron chi connectivity index (χ3n) is 6.58. The molecule has 1 aromatic carbocycles. The van der Waals surface area contributed by atoms with E-state index < -0.39 is 0 Å². The van der Waals surface area contributed by atoms with Crippen molar-refractivity contribution in [3.05, 3.63) is 68.8 Å². The molecule has 1 aliphatic carbocycles. The monoisotopic (exact) mass is 493 g/mol. The standard InChI is InChI=1S/C26H27N3O3S2/c1-3-12-29-25(32)21-19-11-10-16(2)15-20(19)34-22(21)27-26(29)33-14-7-6-13-28-23(30)17-8-4-5-9-18(17)24(28)31/h3-5,8-9,16H,1,6-7,10-15H2,2H3/t16-/m1/s1. The highest BCUT2D eigenvalue weighted by Gasteiger charge is 2.34. The third-order valence-corrected chi connectivity index (χ3v) is 8.79. The van der Waals surface area contributed by atoms with Crippen molar-refractivity contribution in [3.63, 3.8) is 0 Å². The average Bonchev–Trinajstić information content (AvgIpc) is 3.31. The van der Waals surface area contributed by atoms with Crippen LogP contribution in [0, 0.1) is 5.92 Å². The topological polar surface area (TPSA) is 72.3 Å². The number of rotatable bonds is 8. The Labute approximate surface area is 206 Å². The summed E-state index contributed by atoms with van der Waals surface area (Å²) >= 11 is 3.22. The first-order chi connectivity index (χ1) is 16.5. The van der Waals surface area contributed by atoms with Gasteiger partial charge in [-0.15, -0.1) is 17.9 Å². The van der Waals surface area contributed by atoms with Crippen LogP contribution in [0.15, 0.2) is 46.9 Å². The van der Waals surface area contributed by atoms with Gasteiger partial charge in [0.2, 0.25) is 0 Å². The largest absolute Gasteiger partial charge is 0.283 e. The second-order valence-electron chi connectivity index (χ2n) is 8.99. The van der Waals surface area contributed by atoms with E-state index in [2.05, 4.69) is 13.5 Å². The van der Waals surface area contributed by atoms with Crippen LogP contribution < -0.4 is 5.56 Å². The zero-order chi connectivity index (χ0) is 23.8. The Morgan fingerprint density at radius 3 is 2.62 bits per heavy atom. The SMILES string of the molecule is C=CCn1c(SCCCCN2C(=O)c3ccccc3C2=O)nc2sc3c(c2c1=O)CC[C@@H](C)C3. The van der Waals surface area contributed by atoms with Crippen molar-refractivity contribution in [1.82, 2.24) is 14.5 Å². The molecule has 1 atom stereocenters. The maximum atomic E-state index is 13.4. The first kappa shape index (κ1) is 23.1. The average molecular weight is 494 g/mol. The summed E-state index contributed by atoms with van der Waals surface area (Å²) in [6, 6.07) is 6.97. The summed E-state index contributed by atoms with van der Waals surface area (Å²) in [5.74, 6) is 0.972. The predicted molar refractivity (Wildman–Crippen MR) is 137 cm³/mol. The number of aryl methyl sites for hydroxylation is 1. The van der Waals surface area contributed by atoms with Crippen LogP contribution in [0.2, 0.25) is 0 Å². The van der Waals surface area contributed by atoms with E-state index in [9.17, 15) is 14.4 Å². The van der Waals surface area contributed by atoms with Gasteiger partial charge in [-0.2, -0.15) is 0 Å². The molecule has 0 saturated heterocycles. The van der Waals surface area contributed by atoms with Crippen molar-refractivity contribution in [2.45, 2.75) is 50.7 Å². The second-order valence-corrected chi connectivity index (χ2v) is 11.1. The molecule has 0 unspecified atom stereocenters. The number of thiophene rings is 1. The number of thioether (sulfide) groups is 1. The molecule has 3 aromatic rings. The number of unbranched alkanes of at least 4 members (excludes halogenated alkanes) is 1. The van der Waals surface area contributed by atoms with Crippen molar-refractivity contribution in [2.75, 3.05) is 12.3 Å². The molecule has 2 aromatic heterocycles. The molecule has 0 spiro atoms. The molecule has 3 heterocycles. The highest BCUT2D eigenvalue weighted by Crippen LogP contribution is 2.36. The molecule has 0 N–H and O–H groups in total. The molecule has 34 heavy (non-hydrogen) atoms. The Kier molecular flexibility index (Phi) is 6.44. The van der Waals surface area contributed by atoms with Gasteiger partial charge in [-0.1, -0.05) is 36.9 Å². The Balaban J connectivity index is 1.27. The van der Waals surface area contributed by atoms with Crippen LogP contribution in [-0.2, 0) is 19.4 Å². The summed E-state index contributed by atoms with van der Waals surface area (Å²) in [6.45, 7) is 6.92. The Hall–Kier alpha value is -2.71. The molecule has 0 radical (unpaired) electrons. The molecular formula is C26H27N3O3S2. The molecule has 2 aliphatic rings.